The van der Waals surface area contributed by atoms with Crippen LogP contribution in [0, 0.1) is 0 Å². The number of nitrogens with one attached hydrogen (secondary N) is 1. The van der Waals surface area contributed by atoms with Crippen LogP contribution in [0.3, 0.4) is 0 Å². The number of hydrogen-bond donors (Lipinski definition) is 2. The molecule has 2 rings (SSSR count). The summed E-state index contributed by atoms with van der Waals surface area (Å²) in [6.45, 7) is 1.33. The van der Waals surface area contributed by atoms with Crippen molar-refractivity contribution in [1.82, 2.24) is 0 Å². The number of rotatable bonds is 2. The maximum atomic E-state index is 13.1. The lowest BCUT2D eigenvalue weighted by molar-refractivity contribution is -0.137. The zero-order valence-electron chi connectivity index (χ0n) is 10.8. The number of nitrogen functional groups attached to an aromatic ring is 1. The maximum Gasteiger partial charge on any atom is 0.418 e. The van der Waals surface area contributed by atoms with E-state index < -0.39 is 11.7 Å². The van der Waals surface area contributed by atoms with Crippen LogP contribution in [0.5, 0.6) is 0 Å². The van der Waals surface area contributed by atoms with Gasteiger partial charge < -0.3 is 16.0 Å². The molecular formula is C13H18F3N3. The average Bonchev–Trinajstić information content (AvgIpc) is 2.38. The first-order chi connectivity index (χ1) is 8.93. The van der Waals surface area contributed by atoms with Crippen molar-refractivity contribution in [2.75, 3.05) is 36.1 Å². The number of nitrogens with two attached hydrogens (primary N) is 1. The van der Waals surface area contributed by atoms with Gasteiger partial charge in [-0.3, -0.25) is 0 Å². The summed E-state index contributed by atoms with van der Waals surface area (Å²) in [4.78, 5) is 1.80. The number of piperidine rings is 1. The van der Waals surface area contributed by atoms with Gasteiger partial charge in [-0.1, -0.05) is 0 Å². The lowest BCUT2D eigenvalue weighted by atomic mass is 10.0. The Morgan fingerprint density at radius 3 is 2.32 bits per heavy atom. The van der Waals surface area contributed by atoms with Gasteiger partial charge >= 0.3 is 6.18 Å². The normalized spacial score (nSPS) is 16.5. The minimum Gasteiger partial charge on any atom is -0.397 e. The van der Waals surface area contributed by atoms with Gasteiger partial charge in [0.15, 0.2) is 0 Å². The van der Waals surface area contributed by atoms with Gasteiger partial charge in [0.2, 0.25) is 0 Å². The molecule has 1 aliphatic heterocycles. The molecule has 0 atom stereocenters. The van der Waals surface area contributed by atoms with Gasteiger partial charge in [-0.2, -0.15) is 13.2 Å². The summed E-state index contributed by atoms with van der Waals surface area (Å²) in [7, 11) is 1.65. The fraction of sp³-hybridized carbons (Fsp3) is 0.538. The van der Waals surface area contributed by atoms with Crippen LogP contribution in [0.2, 0.25) is 0 Å². The molecule has 6 heteroatoms. The van der Waals surface area contributed by atoms with Crippen LogP contribution < -0.4 is 16.0 Å². The predicted octanol–water partition coefficient (Wildman–Crippen LogP) is 3.32. The molecule has 0 radical (unpaired) electrons. The first-order valence-corrected chi connectivity index (χ1v) is 6.37. The molecule has 3 N–H and O–H groups in total. The van der Waals surface area contributed by atoms with E-state index in [9.17, 15) is 13.2 Å². The first-order valence-electron chi connectivity index (χ1n) is 6.37. The summed E-state index contributed by atoms with van der Waals surface area (Å²) >= 11 is 0. The second kappa shape index (κ2) is 5.19. The summed E-state index contributed by atoms with van der Waals surface area (Å²) in [6.07, 6.45) is -1.45. The van der Waals surface area contributed by atoms with E-state index in [0.29, 0.717) is 18.8 Å². The van der Waals surface area contributed by atoms with E-state index in [1.165, 1.54) is 6.07 Å². The maximum absolute atomic E-state index is 13.1. The van der Waals surface area contributed by atoms with Gasteiger partial charge in [-0.15, -0.1) is 0 Å². The van der Waals surface area contributed by atoms with Crippen LogP contribution in [-0.4, -0.2) is 20.1 Å². The Labute approximate surface area is 110 Å². The van der Waals surface area contributed by atoms with Crippen LogP contribution in [0.1, 0.15) is 24.8 Å². The van der Waals surface area contributed by atoms with E-state index in [2.05, 4.69) is 5.32 Å². The third-order valence-corrected chi connectivity index (χ3v) is 3.44. The van der Waals surface area contributed by atoms with Gasteiger partial charge in [-0.25, -0.2) is 0 Å². The summed E-state index contributed by atoms with van der Waals surface area (Å²) in [6, 6.07) is 2.53. The standard InChI is InChI=1S/C13H18F3N3/c1-18-11-8-12(19-5-3-2-4-6-19)9(7-10(11)17)13(14,15)16/h7-8,18H,2-6,17H2,1H3. The van der Waals surface area contributed by atoms with E-state index in [1.807, 2.05) is 0 Å². The average molecular weight is 273 g/mol. The van der Waals surface area contributed by atoms with Gasteiger partial charge in [0, 0.05) is 20.1 Å². The third-order valence-electron chi connectivity index (χ3n) is 3.44. The number of hydrogen-bond acceptors (Lipinski definition) is 3. The van der Waals surface area contributed by atoms with Crippen LogP contribution in [0.25, 0.3) is 0 Å². The molecule has 1 saturated heterocycles. The molecule has 0 aliphatic carbocycles. The molecule has 0 spiro atoms. The molecule has 106 valence electrons. The van der Waals surface area contributed by atoms with Gasteiger partial charge in [-0.05, 0) is 31.4 Å². The van der Waals surface area contributed by atoms with Crippen LogP contribution >= 0.6 is 0 Å². The van der Waals surface area contributed by atoms with Crippen molar-refractivity contribution in [3.8, 4) is 0 Å². The van der Waals surface area contributed by atoms with Crippen molar-refractivity contribution in [2.24, 2.45) is 0 Å². The topological polar surface area (TPSA) is 41.3 Å². The highest BCUT2D eigenvalue weighted by Gasteiger charge is 2.36. The van der Waals surface area contributed by atoms with Gasteiger partial charge in [0.05, 0.1) is 22.6 Å². The highest BCUT2D eigenvalue weighted by Crippen LogP contribution is 2.41. The summed E-state index contributed by atoms with van der Waals surface area (Å²) < 4.78 is 39.3. The Morgan fingerprint density at radius 2 is 1.79 bits per heavy atom. The van der Waals surface area contributed by atoms with Gasteiger partial charge in [0.1, 0.15) is 0 Å². The Kier molecular flexibility index (Phi) is 3.78. The highest BCUT2D eigenvalue weighted by atomic mass is 19.4. The minimum atomic E-state index is -4.38. The van der Waals surface area contributed by atoms with Crippen LogP contribution in [0.15, 0.2) is 12.1 Å². The molecule has 1 aliphatic rings. The first kappa shape index (κ1) is 13.8. The fourth-order valence-electron chi connectivity index (χ4n) is 2.44. The zero-order chi connectivity index (χ0) is 14.0. The summed E-state index contributed by atoms with van der Waals surface area (Å²) in [5, 5.41) is 2.83. The van der Waals surface area contributed by atoms with Gasteiger partial charge in [0.25, 0.3) is 0 Å². The number of nitrogens with zero attached hydrogens (tertiary/aromatic N) is 1. The Balaban J connectivity index is 2.48. The minimum absolute atomic E-state index is 0.121. The summed E-state index contributed by atoms with van der Waals surface area (Å²) in [5.74, 6) is 0. The lowest BCUT2D eigenvalue weighted by Gasteiger charge is -2.31. The molecule has 3 nitrogen and oxygen atoms in total. The largest absolute Gasteiger partial charge is 0.418 e. The molecule has 1 heterocycles. The number of anilines is 3. The lowest BCUT2D eigenvalue weighted by Crippen LogP contribution is -2.31. The molecule has 19 heavy (non-hydrogen) atoms. The molecule has 1 aromatic rings. The molecular weight excluding hydrogens is 255 g/mol. The summed E-state index contributed by atoms with van der Waals surface area (Å²) in [5.41, 5.74) is 5.88. The van der Waals surface area contributed by atoms with Crippen LogP contribution in [0.4, 0.5) is 30.2 Å². The molecule has 0 unspecified atom stereocenters. The fourth-order valence-corrected chi connectivity index (χ4v) is 2.44. The second-order valence-corrected chi connectivity index (χ2v) is 4.75. The smallest absolute Gasteiger partial charge is 0.397 e. The zero-order valence-corrected chi connectivity index (χ0v) is 10.8. The van der Waals surface area contributed by atoms with Crippen molar-refractivity contribution in [3.05, 3.63) is 17.7 Å². The number of alkyl halides is 3. The van der Waals surface area contributed by atoms with Crippen molar-refractivity contribution in [2.45, 2.75) is 25.4 Å². The Morgan fingerprint density at radius 1 is 1.16 bits per heavy atom. The highest BCUT2D eigenvalue weighted by molar-refractivity contribution is 5.75. The van der Waals surface area contributed by atoms with E-state index in [4.69, 9.17) is 5.73 Å². The number of halogens is 3. The molecule has 0 saturated carbocycles. The van der Waals surface area contributed by atoms with E-state index in [-0.39, 0.29) is 11.4 Å². The monoisotopic (exact) mass is 273 g/mol. The van der Waals surface area contributed by atoms with Crippen LogP contribution in [-0.2, 0) is 6.18 Å². The van der Waals surface area contributed by atoms with Crippen molar-refractivity contribution >= 4 is 17.1 Å². The van der Waals surface area contributed by atoms with Crippen molar-refractivity contribution in [3.63, 3.8) is 0 Å². The Bertz CT molecular complexity index is 451. The SMILES string of the molecule is CNc1cc(N2CCCCC2)c(C(F)(F)F)cc1N. The third kappa shape index (κ3) is 2.88. The number of benzene rings is 1. The molecule has 0 bridgehead atoms. The van der Waals surface area contributed by atoms with E-state index >= 15 is 0 Å². The predicted molar refractivity (Wildman–Crippen MR) is 71.5 cm³/mol. The molecule has 1 fully saturated rings. The Hall–Kier alpha value is -1.59. The molecule has 0 aromatic heterocycles. The quantitative estimate of drug-likeness (QED) is 0.812. The molecule has 0 amide bonds. The van der Waals surface area contributed by atoms with E-state index in [1.54, 1.807) is 11.9 Å². The van der Waals surface area contributed by atoms with E-state index in [0.717, 1.165) is 25.3 Å². The second-order valence-electron chi connectivity index (χ2n) is 4.75. The molecule has 1 aromatic carbocycles. The van der Waals surface area contributed by atoms with Crippen molar-refractivity contribution < 1.29 is 13.2 Å². The van der Waals surface area contributed by atoms with Crippen molar-refractivity contribution in [1.29, 1.82) is 0 Å².